The van der Waals surface area contributed by atoms with Crippen LogP contribution >= 0.6 is 0 Å². The van der Waals surface area contributed by atoms with Gasteiger partial charge in [0.25, 0.3) is 0 Å². The lowest BCUT2D eigenvalue weighted by Crippen LogP contribution is -2.30. The monoisotopic (exact) mass is 370 g/mol. The van der Waals surface area contributed by atoms with Gasteiger partial charge in [0.1, 0.15) is 11.5 Å². The van der Waals surface area contributed by atoms with Gasteiger partial charge >= 0.3 is 0 Å². The van der Waals surface area contributed by atoms with E-state index < -0.39 is 6.10 Å². The number of aliphatic hydroxyl groups is 1. The minimum Gasteiger partial charge on any atom is -0.389 e. The average molecular weight is 370 g/mol. The summed E-state index contributed by atoms with van der Waals surface area (Å²) in [6.45, 7) is 4.36. The Morgan fingerprint density at radius 1 is 1.15 bits per heavy atom. The molecule has 0 unspecified atom stereocenters. The number of aromatic nitrogens is 5. The molecule has 0 amide bonds. The molecule has 27 heavy (non-hydrogen) atoms. The van der Waals surface area contributed by atoms with Crippen LogP contribution in [0.2, 0.25) is 0 Å². The van der Waals surface area contributed by atoms with Crippen LogP contribution in [0.5, 0.6) is 0 Å². The lowest BCUT2D eigenvalue weighted by atomic mass is 9.98. The van der Waals surface area contributed by atoms with E-state index in [1.54, 1.807) is 20.0 Å². The maximum atomic E-state index is 13.7. The fourth-order valence-electron chi connectivity index (χ4n) is 3.58. The van der Waals surface area contributed by atoms with Gasteiger partial charge < -0.3 is 5.11 Å². The van der Waals surface area contributed by atoms with Gasteiger partial charge in [-0.2, -0.15) is 20.1 Å². The fraction of sp³-hybridized carbons (Fsp3) is 0.421. The van der Waals surface area contributed by atoms with Gasteiger partial charge in [-0.3, -0.25) is 9.58 Å². The molecule has 0 bridgehead atoms. The first-order chi connectivity index (χ1) is 12.9. The smallest absolute Gasteiger partial charge is 0.123 e. The number of aliphatic hydroxyl groups excluding tert-OH is 1. The molecule has 0 fully saturated rings. The molecule has 0 saturated carbocycles. The van der Waals surface area contributed by atoms with Gasteiger partial charge in [-0.15, -0.1) is 0 Å². The van der Waals surface area contributed by atoms with Gasteiger partial charge in [0, 0.05) is 32.1 Å². The molecular formula is C19H23FN6O. The zero-order valence-electron chi connectivity index (χ0n) is 15.7. The molecule has 4 rings (SSSR count). The first-order valence-corrected chi connectivity index (χ1v) is 9.03. The Kier molecular flexibility index (Phi) is 4.53. The topological polar surface area (TPSA) is 72.0 Å². The van der Waals surface area contributed by atoms with Gasteiger partial charge in [-0.05, 0) is 43.8 Å². The number of fused-ring (bicyclic) bond motifs is 1. The third-order valence-electron chi connectivity index (χ3n) is 4.89. The molecule has 142 valence electrons. The Hall–Kier alpha value is -2.58. The van der Waals surface area contributed by atoms with Crippen LogP contribution in [0.3, 0.4) is 0 Å². The molecule has 0 spiro atoms. The number of likely N-dealkylation sites (N-methyl/N-ethyl adjacent to an activating group) is 1. The molecule has 1 N–H and O–H groups in total. The molecular weight excluding hydrogens is 347 g/mol. The Morgan fingerprint density at radius 2 is 1.96 bits per heavy atom. The summed E-state index contributed by atoms with van der Waals surface area (Å²) in [5.74, 6) is -0.383. The van der Waals surface area contributed by atoms with Crippen molar-refractivity contribution in [2.45, 2.75) is 32.5 Å². The van der Waals surface area contributed by atoms with E-state index >= 15 is 0 Å². The molecule has 1 aromatic carbocycles. The van der Waals surface area contributed by atoms with Crippen LogP contribution < -0.4 is 0 Å². The van der Waals surface area contributed by atoms with Crippen LogP contribution in [0, 0.1) is 5.82 Å². The van der Waals surface area contributed by atoms with Crippen molar-refractivity contribution in [3.63, 3.8) is 0 Å². The van der Waals surface area contributed by atoms with Crippen molar-refractivity contribution < 1.29 is 9.50 Å². The molecule has 2 aromatic heterocycles. The highest BCUT2D eigenvalue weighted by molar-refractivity contribution is 5.66. The number of hydrogen-bond acceptors (Lipinski definition) is 5. The van der Waals surface area contributed by atoms with Gasteiger partial charge in [0.15, 0.2) is 0 Å². The van der Waals surface area contributed by atoms with E-state index in [2.05, 4.69) is 28.2 Å². The zero-order chi connectivity index (χ0) is 19.1. The predicted molar refractivity (Wildman–Crippen MR) is 98.4 cm³/mol. The number of halogens is 1. The number of aryl methyl sites for hydroxylation is 1. The molecule has 0 aliphatic carbocycles. The zero-order valence-corrected chi connectivity index (χ0v) is 15.7. The maximum Gasteiger partial charge on any atom is 0.123 e. The third kappa shape index (κ3) is 3.50. The van der Waals surface area contributed by atoms with Gasteiger partial charge in [0.05, 0.1) is 29.7 Å². The SMILES string of the molecule is C[C@@H](O)c1cc(F)ccc1-c1nn(C)nc1Cc1cc2n(n1)CCN(C)C2. The van der Waals surface area contributed by atoms with Gasteiger partial charge in [-0.25, -0.2) is 4.39 Å². The van der Waals surface area contributed by atoms with E-state index in [0.717, 1.165) is 31.0 Å². The average Bonchev–Trinajstić information content (AvgIpc) is 3.17. The molecule has 0 saturated heterocycles. The Morgan fingerprint density at radius 3 is 2.74 bits per heavy atom. The number of nitrogens with zero attached hydrogens (tertiary/aromatic N) is 6. The van der Waals surface area contributed by atoms with Gasteiger partial charge in [-0.1, -0.05) is 0 Å². The molecule has 3 heterocycles. The molecule has 1 aliphatic heterocycles. The summed E-state index contributed by atoms with van der Waals surface area (Å²) >= 11 is 0. The third-order valence-corrected chi connectivity index (χ3v) is 4.89. The summed E-state index contributed by atoms with van der Waals surface area (Å²) in [4.78, 5) is 3.77. The second-order valence-electron chi connectivity index (χ2n) is 7.16. The highest BCUT2D eigenvalue weighted by Gasteiger charge is 2.21. The highest BCUT2D eigenvalue weighted by atomic mass is 19.1. The Bertz CT molecular complexity index is 977. The van der Waals surface area contributed by atoms with E-state index in [9.17, 15) is 9.50 Å². The van der Waals surface area contributed by atoms with Crippen LogP contribution in [0.15, 0.2) is 24.3 Å². The van der Waals surface area contributed by atoms with Crippen molar-refractivity contribution in [1.29, 1.82) is 0 Å². The number of hydrogen-bond donors (Lipinski definition) is 1. The molecule has 1 atom stereocenters. The quantitative estimate of drug-likeness (QED) is 0.760. The summed E-state index contributed by atoms with van der Waals surface area (Å²) in [6, 6.07) is 6.49. The number of benzene rings is 1. The maximum absolute atomic E-state index is 13.7. The predicted octanol–water partition coefficient (Wildman–Crippen LogP) is 1.91. The molecule has 8 heteroatoms. The summed E-state index contributed by atoms with van der Waals surface area (Å²) in [5.41, 5.74) is 4.73. The van der Waals surface area contributed by atoms with Crippen LogP contribution in [-0.4, -0.2) is 48.4 Å². The van der Waals surface area contributed by atoms with Crippen LogP contribution in [0.4, 0.5) is 4.39 Å². The van der Waals surface area contributed by atoms with Crippen molar-refractivity contribution >= 4 is 0 Å². The Balaban J connectivity index is 1.71. The minimum atomic E-state index is -0.805. The summed E-state index contributed by atoms with van der Waals surface area (Å²) in [6.07, 6.45) is -0.273. The van der Waals surface area contributed by atoms with Crippen molar-refractivity contribution in [1.82, 2.24) is 29.7 Å². The first-order valence-electron chi connectivity index (χ1n) is 9.03. The molecule has 1 aliphatic rings. The van der Waals surface area contributed by atoms with E-state index in [0.29, 0.717) is 23.2 Å². The van der Waals surface area contributed by atoms with Crippen LogP contribution in [-0.2, 0) is 26.6 Å². The van der Waals surface area contributed by atoms with Crippen molar-refractivity contribution in [2.75, 3.05) is 13.6 Å². The molecule has 7 nitrogen and oxygen atoms in total. The standard InChI is InChI=1S/C19H23FN6O/c1-12(27)17-8-13(20)4-5-16(17)19-18(22-25(3)23-19)10-14-9-15-11-24(2)6-7-26(15)21-14/h4-5,8-9,12,27H,6-7,10-11H2,1-3H3/t12-/m1/s1. The van der Waals surface area contributed by atoms with Crippen molar-refractivity contribution in [2.24, 2.45) is 7.05 Å². The van der Waals surface area contributed by atoms with E-state index in [-0.39, 0.29) is 5.82 Å². The normalized spacial score (nSPS) is 15.7. The van der Waals surface area contributed by atoms with Gasteiger partial charge in [0.2, 0.25) is 0 Å². The van der Waals surface area contributed by atoms with E-state index in [1.165, 1.54) is 22.6 Å². The van der Waals surface area contributed by atoms with Crippen molar-refractivity contribution in [3.05, 3.63) is 52.7 Å². The highest BCUT2D eigenvalue weighted by Crippen LogP contribution is 2.30. The minimum absolute atomic E-state index is 0.383. The lowest BCUT2D eigenvalue weighted by Gasteiger charge is -2.22. The summed E-state index contributed by atoms with van der Waals surface area (Å²) < 4.78 is 15.7. The van der Waals surface area contributed by atoms with E-state index in [4.69, 9.17) is 5.10 Å². The van der Waals surface area contributed by atoms with Crippen molar-refractivity contribution in [3.8, 4) is 11.3 Å². The first kappa shape index (κ1) is 17.8. The Labute approximate surface area is 157 Å². The van der Waals surface area contributed by atoms with E-state index in [1.807, 2.05) is 4.68 Å². The fourth-order valence-corrected chi connectivity index (χ4v) is 3.58. The second-order valence-corrected chi connectivity index (χ2v) is 7.16. The summed E-state index contributed by atoms with van der Waals surface area (Å²) in [7, 11) is 3.86. The van der Waals surface area contributed by atoms with Crippen LogP contribution in [0.25, 0.3) is 11.3 Å². The summed E-state index contributed by atoms with van der Waals surface area (Å²) in [5, 5.41) is 23.7. The second kappa shape index (κ2) is 6.86. The molecule has 3 aromatic rings. The largest absolute Gasteiger partial charge is 0.389 e. The number of rotatable bonds is 4. The van der Waals surface area contributed by atoms with Crippen LogP contribution in [0.1, 0.15) is 35.7 Å². The lowest BCUT2D eigenvalue weighted by molar-refractivity contribution is 0.199. The molecule has 0 radical (unpaired) electrons.